The minimum Gasteiger partial charge on any atom is -0.358 e. The van der Waals surface area contributed by atoms with Crippen molar-refractivity contribution in [3.63, 3.8) is 0 Å². The van der Waals surface area contributed by atoms with Crippen LogP contribution in [0.25, 0.3) is 11.3 Å². The fourth-order valence-corrected chi connectivity index (χ4v) is 2.41. The summed E-state index contributed by atoms with van der Waals surface area (Å²) in [6, 6.07) is 6.16. The molecule has 0 radical (unpaired) electrons. The lowest BCUT2D eigenvalue weighted by molar-refractivity contribution is -0.119. The number of amides is 1. The van der Waals surface area contributed by atoms with Crippen LogP contribution in [0.1, 0.15) is 6.92 Å². The molecule has 1 amide bonds. The van der Waals surface area contributed by atoms with E-state index in [9.17, 15) is 9.18 Å². The summed E-state index contributed by atoms with van der Waals surface area (Å²) >= 11 is 1.34. The quantitative estimate of drug-likeness (QED) is 0.845. The van der Waals surface area contributed by atoms with Gasteiger partial charge in [0.1, 0.15) is 5.82 Å². The van der Waals surface area contributed by atoms with Crippen LogP contribution in [0.2, 0.25) is 0 Å². The molecule has 0 bridgehead atoms. The topological polar surface area (TPSA) is 57.8 Å². The zero-order valence-corrected chi connectivity index (χ0v) is 11.4. The molecule has 0 saturated heterocycles. The van der Waals surface area contributed by atoms with E-state index in [1.807, 2.05) is 6.92 Å². The molecule has 0 aliphatic rings. The molecule has 6 heteroatoms. The number of aromatic nitrogens is 2. The second-order valence-electron chi connectivity index (χ2n) is 3.98. The number of halogens is 1. The summed E-state index contributed by atoms with van der Waals surface area (Å²) in [6.07, 6.45) is 1.67. The van der Waals surface area contributed by atoms with E-state index >= 15 is 0 Å². The Morgan fingerprint density at radius 1 is 1.42 bits per heavy atom. The Kier molecular flexibility index (Phi) is 4.21. The molecule has 100 valence electrons. The maximum absolute atomic E-state index is 12.8. The average Bonchev–Trinajstić information content (AvgIpc) is 2.87. The van der Waals surface area contributed by atoms with Gasteiger partial charge in [-0.3, -0.25) is 4.79 Å². The van der Waals surface area contributed by atoms with Gasteiger partial charge in [-0.2, -0.15) is 0 Å². The largest absolute Gasteiger partial charge is 0.358 e. The molecule has 0 fully saturated rings. The number of rotatable bonds is 4. The fourth-order valence-electron chi connectivity index (χ4n) is 1.56. The van der Waals surface area contributed by atoms with Crippen molar-refractivity contribution in [3.8, 4) is 11.3 Å². The fraction of sp³-hybridized carbons (Fsp3) is 0.231. The number of benzene rings is 1. The summed E-state index contributed by atoms with van der Waals surface area (Å²) in [6.45, 7) is 1.81. The van der Waals surface area contributed by atoms with Gasteiger partial charge in [0.05, 0.1) is 17.1 Å². The van der Waals surface area contributed by atoms with Crippen LogP contribution in [0, 0.1) is 5.82 Å². The average molecular weight is 279 g/mol. The molecular formula is C13H14FN3OS. The van der Waals surface area contributed by atoms with Crippen molar-refractivity contribution in [2.75, 3.05) is 7.05 Å². The van der Waals surface area contributed by atoms with Gasteiger partial charge in [0.2, 0.25) is 5.91 Å². The zero-order chi connectivity index (χ0) is 13.8. The number of thioether (sulfide) groups is 1. The van der Waals surface area contributed by atoms with E-state index in [1.165, 1.54) is 23.9 Å². The van der Waals surface area contributed by atoms with Gasteiger partial charge in [-0.1, -0.05) is 11.8 Å². The first-order valence-electron chi connectivity index (χ1n) is 5.79. The number of aromatic amines is 1. The highest BCUT2D eigenvalue weighted by Gasteiger charge is 2.14. The van der Waals surface area contributed by atoms with Crippen molar-refractivity contribution in [1.29, 1.82) is 0 Å². The second kappa shape index (κ2) is 5.88. The van der Waals surface area contributed by atoms with Gasteiger partial charge < -0.3 is 10.3 Å². The Labute approximate surface area is 114 Å². The van der Waals surface area contributed by atoms with Crippen molar-refractivity contribution in [3.05, 3.63) is 36.3 Å². The lowest BCUT2D eigenvalue weighted by Crippen LogP contribution is -2.27. The summed E-state index contributed by atoms with van der Waals surface area (Å²) in [5.41, 5.74) is 1.65. The van der Waals surface area contributed by atoms with Crippen molar-refractivity contribution < 1.29 is 9.18 Å². The lowest BCUT2D eigenvalue weighted by Gasteiger charge is -2.06. The smallest absolute Gasteiger partial charge is 0.233 e. The molecule has 2 aromatic rings. The van der Waals surface area contributed by atoms with Gasteiger partial charge in [-0.25, -0.2) is 9.37 Å². The van der Waals surface area contributed by atoms with Crippen LogP contribution in [0.5, 0.6) is 0 Å². The summed E-state index contributed by atoms with van der Waals surface area (Å²) in [5, 5.41) is 3.02. The van der Waals surface area contributed by atoms with Gasteiger partial charge in [-0.05, 0) is 36.8 Å². The van der Waals surface area contributed by atoms with Crippen molar-refractivity contribution in [2.45, 2.75) is 17.3 Å². The van der Waals surface area contributed by atoms with Gasteiger partial charge in [0.25, 0.3) is 0 Å². The Morgan fingerprint density at radius 3 is 2.74 bits per heavy atom. The van der Waals surface area contributed by atoms with E-state index in [4.69, 9.17) is 0 Å². The molecule has 0 aliphatic carbocycles. The molecule has 4 nitrogen and oxygen atoms in total. The monoisotopic (exact) mass is 279 g/mol. The van der Waals surface area contributed by atoms with Crippen LogP contribution >= 0.6 is 11.8 Å². The summed E-state index contributed by atoms with van der Waals surface area (Å²) in [7, 11) is 1.60. The first kappa shape index (κ1) is 13.6. The number of nitrogens with zero attached hydrogens (tertiary/aromatic N) is 1. The Morgan fingerprint density at radius 2 is 2.11 bits per heavy atom. The lowest BCUT2D eigenvalue weighted by atomic mass is 10.2. The molecule has 19 heavy (non-hydrogen) atoms. The normalized spacial score (nSPS) is 12.2. The highest BCUT2D eigenvalue weighted by Crippen LogP contribution is 2.24. The first-order valence-corrected chi connectivity index (χ1v) is 6.67. The van der Waals surface area contributed by atoms with Gasteiger partial charge in [-0.15, -0.1) is 0 Å². The number of nitrogens with one attached hydrogen (secondary N) is 2. The van der Waals surface area contributed by atoms with Crippen molar-refractivity contribution in [1.82, 2.24) is 15.3 Å². The van der Waals surface area contributed by atoms with Gasteiger partial charge >= 0.3 is 0 Å². The second-order valence-corrected chi connectivity index (χ2v) is 5.31. The number of imidazole rings is 1. The number of carbonyl (C=O) groups is 1. The molecule has 1 aromatic carbocycles. The summed E-state index contributed by atoms with van der Waals surface area (Å²) in [4.78, 5) is 18.7. The predicted octanol–water partition coefficient (Wildman–Crippen LogP) is 2.44. The molecule has 1 aromatic heterocycles. The number of carbonyl (C=O) groups excluding carboxylic acids is 1. The highest BCUT2D eigenvalue weighted by molar-refractivity contribution is 8.00. The molecule has 0 aliphatic heterocycles. The molecular weight excluding hydrogens is 265 g/mol. The molecule has 1 unspecified atom stereocenters. The standard InChI is InChI=1S/C13H14FN3OS/c1-8(12(18)15-2)19-13-16-7-11(17-13)9-3-5-10(14)6-4-9/h3-8H,1-2H3,(H,15,18)(H,16,17). The molecule has 0 saturated carbocycles. The third-order valence-corrected chi connectivity index (χ3v) is 3.61. The zero-order valence-electron chi connectivity index (χ0n) is 10.6. The summed E-state index contributed by atoms with van der Waals surface area (Å²) < 4.78 is 12.8. The third-order valence-electron chi connectivity index (χ3n) is 2.61. The minimum absolute atomic E-state index is 0.0512. The van der Waals surface area contributed by atoms with Crippen LogP contribution in [0.4, 0.5) is 4.39 Å². The van der Waals surface area contributed by atoms with Crippen LogP contribution < -0.4 is 5.32 Å². The molecule has 2 N–H and O–H groups in total. The van der Waals surface area contributed by atoms with E-state index in [-0.39, 0.29) is 17.0 Å². The SMILES string of the molecule is CNC(=O)C(C)Sc1ncc(-c2ccc(F)cc2)[nH]1. The number of hydrogen-bond acceptors (Lipinski definition) is 3. The van der Waals surface area contributed by atoms with E-state index in [0.29, 0.717) is 5.16 Å². The highest BCUT2D eigenvalue weighted by atomic mass is 32.2. The van der Waals surface area contributed by atoms with Crippen LogP contribution in [-0.4, -0.2) is 28.2 Å². The van der Waals surface area contributed by atoms with Crippen LogP contribution in [-0.2, 0) is 4.79 Å². The Bertz CT molecular complexity index is 568. The summed E-state index contributed by atoms with van der Waals surface area (Å²) in [5.74, 6) is -0.323. The molecule has 1 heterocycles. The first-order chi connectivity index (χ1) is 9.10. The van der Waals surface area contributed by atoms with Gasteiger partial charge in [0, 0.05) is 7.05 Å². The minimum atomic E-state index is -0.272. The Balaban J connectivity index is 2.11. The van der Waals surface area contributed by atoms with E-state index in [2.05, 4.69) is 15.3 Å². The molecule has 1 atom stereocenters. The molecule has 2 rings (SSSR count). The van der Waals surface area contributed by atoms with E-state index < -0.39 is 0 Å². The number of H-pyrrole nitrogens is 1. The molecule has 0 spiro atoms. The van der Waals surface area contributed by atoms with Crippen molar-refractivity contribution in [2.24, 2.45) is 0 Å². The third kappa shape index (κ3) is 3.35. The Hall–Kier alpha value is -1.82. The van der Waals surface area contributed by atoms with E-state index in [1.54, 1.807) is 25.4 Å². The maximum Gasteiger partial charge on any atom is 0.233 e. The van der Waals surface area contributed by atoms with Gasteiger partial charge in [0.15, 0.2) is 5.16 Å². The number of hydrogen-bond donors (Lipinski definition) is 2. The predicted molar refractivity (Wildman–Crippen MR) is 73.4 cm³/mol. The maximum atomic E-state index is 12.8. The van der Waals surface area contributed by atoms with E-state index in [0.717, 1.165) is 11.3 Å². The van der Waals surface area contributed by atoms with Crippen LogP contribution in [0.15, 0.2) is 35.6 Å². The van der Waals surface area contributed by atoms with Crippen LogP contribution in [0.3, 0.4) is 0 Å². The van der Waals surface area contributed by atoms with Crippen molar-refractivity contribution >= 4 is 17.7 Å².